The number of benzene rings is 1. The predicted octanol–water partition coefficient (Wildman–Crippen LogP) is 3.08. The first-order chi connectivity index (χ1) is 10.4. The van der Waals surface area contributed by atoms with E-state index in [1.165, 1.54) is 0 Å². The van der Waals surface area contributed by atoms with Gasteiger partial charge in [0.1, 0.15) is 5.75 Å². The van der Waals surface area contributed by atoms with Gasteiger partial charge >= 0.3 is 5.97 Å². The maximum atomic E-state index is 12.5. The standard InChI is InChI=1S/C17H23NO4/c1-10-4-7-13(14(8-10)17(20)21)16(19)18-12-6-5-11(2)15(9-12)22-3/h5-6,9-10,13-14H,4,7-8H2,1-3H3,(H,18,19)(H,20,21). The van der Waals surface area contributed by atoms with Crippen molar-refractivity contribution in [3.63, 3.8) is 0 Å². The highest BCUT2D eigenvalue weighted by Crippen LogP contribution is 2.35. The van der Waals surface area contributed by atoms with Gasteiger partial charge in [0.25, 0.3) is 0 Å². The Morgan fingerprint density at radius 3 is 2.64 bits per heavy atom. The third kappa shape index (κ3) is 3.59. The molecule has 5 nitrogen and oxygen atoms in total. The maximum absolute atomic E-state index is 12.5. The van der Waals surface area contributed by atoms with Gasteiger partial charge in [-0.1, -0.05) is 13.0 Å². The van der Waals surface area contributed by atoms with E-state index in [0.29, 0.717) is 30.2 Å². The van der Waals surface area contributed by atoms with E-state index in [4.69, 9.17) is 4.74 Å². The van der Waals surface area contributed by atoms with Crippen LogP contribution in [0, 0.1) is 24.7 Å². The highest BCUT2D eigenvalue weighted by Gasteiger charge is 2.38. The molecule has 2 N–H and O–H groups in total. The summed E-state index contributed by atoms with van der Waals surface area (Å²) in [5.74, 6) is -1.12. The summed E-state index contributed by atoms with van der Waals surface area (Å²) in [6.07, 6.45) is 2.07. The Hall–Kier alpha value is -2.04. The molecule has 1 aliphatic rings. The third-order valence-electron chi connectivity index (χ3n) is 4.44. The zero-order valence-corrected chi connectivity index (χ0v) is 13.3. The van der Waals surface area contributed by atoms with Crippen molar-refractivity contribution in [2.24, 2.45) is 17.8 Å². The van der Waals surface area contributed by atoms with E-state index >= 15 is 0 Å². The number of hydrogen-bond donors (Lipinski definition) is 2. The number of hydrogen-bond acceptors (Lipinski definition) is 3. The topological polar surface area (TPSA) is 75.6 Å². The summed E-state index contributed by atoms with van der Waals surface area (Å²) in [5.41, 5.74) is 1.62. The second-order valence-corrected chi connectivity index (χ2v) is 6.14. The molecular weight excluding hydrogens is 282 g/mol. The normalized spacial score (nSPS) is 24.6. The smallest absolute Gasteiger partial charge is 0.307 e. The molecule has 1 amide bonds. The van der Waals surface area contributed by atoms with Gasteiger partial charge in [0, 0.05) is 11.8 Å². The molecule has 3 unspecified atom stereocenters. The molecule has 1 fully saturated rings. The van der Waals surface area contributed by atoms with Crippen LogP contribution in [-0.4, -0.2) is 24.1 Å². The van der Waals surface area contributed by atoms with Crippen LogP contribution in [0.5, 0.6) is 5.75 Å². The molecule has 0 bridgehead atoms. The minimum atomic E-state index is -0.881. The van der Waals surface area contributed by atoms with Crippen molar-refractivity contribution in [1.82, 2.24) is 0 Å². The average molecular weight is 305 g/mol. The van der Waals surface area contributed by atoms with Gasteiger partial charge < -0.3 is 15.2 Å². The lowest BCUT2D eigenvalue weighted by Gasteiger charge is -2.31. The molecule has 22 heavy (non-hydrogen) atoms. The minimum absolute atomic E-state index is 0.217. The first-order valence-corrected chi connectivity index (χ1v) is 7.60. The second-order valence-electron chi connectivity index (χ2n) is 6.14. The Kier molecular flexibility index (Phi) is 5.06. The van der Waals surface area contributed by atoms with E-state index in [-0.39, 0.29) is 5.91 Å². The van der Waals surface area contributed by atoms with Crippen LogP contribution < -0.4 is 10.1 Å². The van der Waals surface area contributed by atoms with Crippen molar-refractivity contribution in [1.29, 1.82) is 0 Å². The van der Waals surface area contributed by atoms with E-state index < -0.39 is 17.8 Å². The van der Waals surface area contributed by atoms with Crippen LogP contribution in [0.15, 0.2) is 18.2 Å². The highest BCUT2D eigenvalue weighted by molar-refractivity contribution is 5.95. The number of carboxylic acids is 1. The van der Waals surface area contributed by atoms with E-state index in [1.54, 1.807) is 19.2 Å². The Morgan fingerprint density at radius 1 is 1.27 bits per heavy atom. The Balaban J connectivity index is 2.12. The summed E-state index contributed by atoms with van der Waals surface area (Å²) in [6, 6.07) is 5.43. The molecule has 120 valence electrons. The zero-order valence-electron chi connectivity index (χ0n) is 13.3. The summed E-state index contributed by atoms with van der Waals surface area (Å²) in [5, 5.41) is 12.2. The van der Waals surface area contributed by atoms with Gasteiger partial charge in [-0.25, -0.2) is 0 Å². The molecule has 5 heteroatoms. The molecule has 2 rings (SSSR count). The van der Waals surface area contributed by atoms with Gasteiger partial charge in [-0.2, -0.15) is 0 Å². The zero-order chi connectivity index (χ0) is 16.3. The number of methoxy groups -OCH3 is 1. The molecule has 0 saturated heterocycles. The maximum Gasteiger partial charge on any atom is 0.307 e. The fourth-order valence-corrected chi connectivity index (χ4v) is 3.10. The first-order valence-electron chi connectivity index (χ1n) is 7.60. The number of ether oxygens (including phenoxy) is 1. The van der Waals surface area contributed by atoms with Crippen LogP contribution in [0.25, 0.3) is 0 Å². The Morgan fingerprint density at radius 2 is 2.00 bits per heavy atom. The first kappa shape index (κ1) is 16.3. The SMILES string of the molecule is COc1cc(NC(=O)C2CCC(C)CC2C(=O)O)ccc1C. The number of nitrogens with one attached hydrogen (secondary N) is 1. The van der Waals surface area contributed by atoms with Crippen LogP contribution in [0.2, 0.25) is 0 Å². The van der Waals surface area contributed by atoms with Crippen molar-refractivity contribution in [3.8, 4) is 5.75 Å². The van der Waals surface area contributed by atoms with E-state index in [2.05, 4.69) is 5.32 Å². The van der Waals surface area contributed by atoms with Crippen LogP contribution in [-0.2, 0) is 9.59 Å². The van der Waals surface area contributed by atoms with Crippen LogP contribution in [0.4, 0.5) is 5.69 Å². The summed E-state index contributed by atoms with van der Waals surface area (Å²) >= 11 is 0. The molecule has 3 atom stereocenters. The number of anilines is 1. The predicted molar refractivity (Wildman–Crippen MR) is 84.0 cm³/mol. The van der Waals surface area contributed by atoms with Crippen molar-refractivity contribution < 1.29 is 19.4 Å². The highest BCUT2D eigenvalue weighted by atomic mass is 16.5. The van der Waals surface area contributed by atoms with Gasteiger partial charge in [-0.15, -0.1) is 0 Å². The van der Waals surface area contributed by atoms with E-state index in [9.17, 15) is 14.7 Å². The number of carbonyl (C=O) groups is 2. The van der Waals surface area contributed by atoms with Gasteiger partial charge in [-0.05, 0) is 43.7 Å². The van der Waals surface area contributed by atoms with Crippen LogP contribution in [0.1, 0.15) is 31.7 Å². The Bertz CT molecular complexity index is 570. The van der Waals surface area contributed by atoms with E-state index in [0.717, 1.165) is 12.0 Å². The number of amides is 1. The lowest BCUT2D eigenvalue weighted by Crippen LogP contribution is -2.38. The number of rotatable bonds is 4. The largest absolute Gasteiger partial charge is 0.496 e. The second kappa shape index (κ2) is 6.81. The van der Waals surface area contributed by atoms with Crippen molar-refractivity contribution in [2.45, 2.75) is 33.1 Å². The number of carboxylic acid groups (broad SMARTS) is 1. The number of aliphatic carboxylic acids is 1. The third-order valence-corrected chi connectivity index (χ3v) is 4.44. The fraction of sp³-hybridized carbons (Fsp3) is 0.529. The molecular formula is C17H23NO4. The van der Waals surface area contributed by atoms with Crippen molar-refractivity contribution >= 4 is 17.6 Å². The molecule has 0 radical (unpaired) electrons. The quantitative estimate of drug-likeness (QED) is 0.896. The molecule has 0 aliphatic heterocycles. The van der Waals surface area contributed by atoms with Gasteiger partial charge in [0.05, 0.1) is 18.9 Å². The molecule has 1 aromatic rings. The Labute approximate surface area is 130 Å². The summed E-state index contributed by atoms with van der Waals surface area (Å²) < 4.78 is 5.24. The monoisotopic (exact) mass is 305 g/mol. The minimum Gasteiger partial charge on any atom is -0.496 e. The average Bonchev–Trinajstić information content (AvgIpc) is 2.48. The van der Waals surface area contributed by atoms with Gasteiger partial charge in [0.15, 0.2) is 0 Å². The fourth-order valence-electron chi connectivity index (χ4n) is 3.10. The van der Waals surface area contributed by atoms with Crippen molar-refractivity contribution in [3.05, 3.63) is 23.8 Å². The van der Waals surface area contributed by atoms with E-state index in [1.807, 2.05) is 19.9 Å². The van der Waals surface area contributed by atoms with Crippen molar-refractivity contribution in [2.75, 3.05) is 12.4 Å². The number of aryl methyl sites for hydroxylation is 1. The molecule has 1 saturated carbocycles. The summed E-state index contributed by atoms with van der Waals surface area (Å²) in [7, 11) is 1.58. The summed E-state index contributed by atoms with van der Waals surface area (Å²) in [4.78, 5) is 23.9. The lowest BCUT2D eigenvalue weighted by atomic mass is 9.74. The molecule has 0 spiro atoms. The lowest BCUT2D eigenvalue weighted by molar-refractivity contribution is -0.148. The molecule has 1 aromatic carbocycles. The van der Waals surface area contributed by atoms with Gasteiger partial charge in [0.2, 0.25) is 5.91 Å². The molecule has 0 aromatic heterocycles. The molecule has 0 heterocycles. The van der Waals surface area contributed by atoms with Gasteiger partial charge in [-0.3, -0.25) is 9.59 Å². The molecule has 1 aliphatic carbocycles. The summed E-state index contributed by atoms with van der Waals surface area (Å²) in [6.45, 7) is 3.96. The number of carbonyl (C=O) groups excluding carboxylic acids is 1. The van der Waals surface area contributed by atoms with Crippen LogP contribution in [0.3, 0.4) is 0 Å². The van der Waals surface area contributed by atoms with Crippen LogP contribution >= 0.6 is 0 Å².